The first-order chi connectivity index (χ1) is 17.8. The predicted molar refractivity (Wildman–Crippen MR) is 146 cm³/mol. The summed E-state index contributed by atoms with van der Waals surface area (Å²) in [6.07, 6.45) is 24.5. The third kappa shape index (κ3) is 11.2. The molecule has 0 spiro atoms. The first-order valence-electron chi connectivity index (χ1n) is 14.6. The van der Waals surface area contributed by atoms with Gasteiger partial charge in [-0.3, -0.25) is 4.79 Å². The molecule has 0 saturated heterocycles. The summed E-state index contributed by atoms with van der Waals surface area (Å²) in [6, 6.07) is 5.60. The Morgan fingerprint density at radius 2 is 1.76 bits per heavy atom. The Morgan fingerprint density at radius 3 is 2.53 bits per heavy atom. The van der Waals surface area contributed by atoms with Crippen molar-refractivity contribution >= 4 is 16.9 Å². The Hall–Kier alpha value is -2.33. The number of aromatic amines is 1. The van der Waals surface area contributed by atoms with E-state index in [1.165, 1.54) is 43.4 Å². The number of allylic oxidation sites excluding steroid dienone is 4. The Bertz CT molecular complexity index is 979. The monoisotopic (exact) mass is 469 g/mol. The van der Waals surface area contributed by atoms with E-state index in [0.717, 1.165) is 48.6 Å². The molecule has 1 heterocycles. The van der Waals surface area contributed by atoms with E-state index in [1.807, 2.05) is 18.3 Å². The number of rotatable bonds is 18. The summed E-state index contributed by atoms with van der Waals surface area (Å²) < 4.78 is 28.3. The van der Waals surface area contributed by atoms with Crippen molar-refractivity contribution in [3.63, 3.8) is 0 Å². The van der Waals surface area contributed by atoms with Crippen molar-refractivity contribution in [2.24, 2.45) is 0 Å². The number of hydrogen-bond acceptors (Lipinski definition) is 3. The van der Waals surface area contributed by atoms with Gasteiger partial charge in [-0.15, -0.1) is 0 Å². The number of nitrogens with one attached hydrogen (secondary N) is 1. The molecule has 4 heteroatoms. The minimum Gasteiger partial charge on any atom is -0.426 e. The van der Waals surface area contributed by atoms with Gasteiger partial charge in [0.15, 0.2) is 0 Å². The van der Waals surface area contributed by atoms with Crippen LogP contribution in [0.25, 0.3) is 10.9 Å². The van der Waals surface area contributed by atoms with E-state index in [1.54, 1.807) is 13.1 Å². The van der Waals surface area contributed by atoms with Crippen LogP contribution in [-0.2, 0) is 11.2 Å². The fourth-order valence-electron chi connectivity index (χ4n) is 4.04. The maximum Gasteiger partial charge on any atom is 0.311 e. The van der Waals surface area contributed by atoms with Crippen LogP contribution < -0.4 is 4.74 Å². The van der Waals surface area contributed by atoms with Gasteiger partial charge in [0, 0.05) is 34.2 Å². The largest absolute Gasteiger partial charge is 0.426 e. The second-order valence-corrected chi connectivity index (χ2v) is 9.12. The van der Waals surface area contributed by atoms with Crippen molar-refractivity contribution in [2.45, 2.75) is 90.4 Å². The maximum atomic E-state index is 12.5. The lowest BCUT2D eigenvalue weighted by Gasteiger charge is -2.10. The summed E-state index contributed by atoms with van der Waals surface area (Å²) in [7, 11) is 1.59. The molecule has 0 bridgehead atoms. The number of carbonyl (C=O) groups is 1. The van der Waals surface area contributed by atoms with Crippen molar-refractivity contribution in [1.29, 1.82) is 0 Å². The van der Waals surface area contributed by atoms with E-state index in [9.17, 15) is 4.79 Å². The fourth-order valence-corrected chi connectivity index (χ4v) is 4.04. The molecule has 0 unspecified atom stereocenters. The van der Waals surface area contributed by atoms with Crippen molar-refractivity contribution in [1.82, 2.24) is 9.88 Å². The van der Waals surface area contributed by atoms with Gasteiger partial charge in [-0.05, 0) is 76.7 Å². The van der Waals surface area contributed by atoms with Crippen LogP contribution >= 0.6 is 0 Å². The van der Waals surface area contributed by atoms with Gasteiger partial charge in [0.25, 0.3) is 0 Å². The molecule has 34 heavy (non-hydrogen) atoms. The number of ether oxygens (including phenoxy) is 1. The molecule has 0 radical (unpaired) electrons. The number of benzene rings is 1. The standard InChI is InChI=1S/C30H46N2O2/c1-4-5-6-7-8-9-10-11-12-13-14-15-16-17-18-22-29(33)34-28-21-19-20-27-30(28)26(25-31-27)23-24-32(2)3/h8-9,11-12,19-21,25,31H,4-7,10,13-18,22-24H2,1-3H3/b9-8-,12-11-/i2D3. The van der Waals surface area contributed by atoms with E-state index in [0.29, 0.717) is 25.1 Å². The number of aromatic nitrogens is 1. The van der Waals surface area contributed by atoms with Crippen LogP contribution in [0.3, 0.4) is 0 Å². The number of nitrogens with zero attached hydrogens (tertiary/aromatic N) is 1. The summed E-state index contributed by atoms with van der Waals surface area (Å²) in [5.74, 6) is 0.322. The average molecular weight is 470 g/mol. The van der Waals surface area contributed by atoms with Crippen LogP contribution in [0.5, 0.6) is 5.75 Å². The highest BCUT2D eigenvalue weighted by atomic mass is 16.5. The Kier molecular flexibility index (Phi) is 11.8. The van der Waals surface area contributed by atoms with E-state index in [4.69, 9.17) is 8.85 Å². The lowest BCUT2D eigenvalue weighted by Crippen LogP contribution is -2.15. The molecule has 0 saturated carbocycles. The molecule has 2 rings (SSSR count). The summed E-state index contributed by atoms with van der Waals surface area (Å²) in [4.78, 5) is 17.0. The van der Waals surface area contributed by atoms with Gasteiger partial charge in [-0.25, -0.2) is 0 Å². The van der Waals surface area contributed by atoms with Crippen LogP contribution in [0.1, 0.15) is 93.6 Å². The number of hydrogen-bond donors (Lipinski definition) is 1. The highest BCUT2D eigenvalue weighted by Gasteiger charge is 2.13. The topological polar surface area (TPSA) is 45.3 Å². The van der Waals surface area contributed by atoms with Crippen LogP contribution in [0.2, 0.25) is 0 Å². The summed E-state index contributed by atoms with van der Waals surface area (Å²) in [6.45, 7) is 0.499. The predicted octanol–water partition coefficient (Wildman–Crippen LogP) is 7.99. The normalized spacial score (nSPS) is 13.7. The smallest absolute Gasteiger partial charge is 0.311 e. The third-order valence-corrected chi connectivity index (χ3v) is 6.02. The highest BCUT2D eigenvalue weighted by Crippen LogP contribution is 2.29. The maximum absolute atomic E-state index is 12.5. The molecule has 0 aliphatic carbocycles. The molecule has 0 aliphatic heterocycles. The average Bonchev–Trinajstić information content (AvgIpc) is 3.28. The quantitative estimate of drug-likeness (QED) is 0.104. The Balaban J connectivity index is 1.64. The van der Waals surface area contributed by atoms with Crippen molar-refractivity contribution in [2.75, 3.05) is 20.6 Å². The summed E-state index contributed by atoms with van der Waals surface area (Å²) in [5.41, 5.74) is 1.83. The van der Waals surface area contributed by atoms with E-state index < -0.39 is 6.98 Å². The van der Waals surface area contributed by atoms with Gasteiger partial charge in [-0.2, -0.15) is 0 Å². The second-order valence-electron chi connectivity index (χ2n) is 9.12. The summed E-state index contributed by atoms with van der Waals surface area (Å²) >= 11 is 0. The lowest BCUT2D eigenvalue weighted by molar-refractivity contribution is -0.134. The Morgan fingerprint density at radius 1 is 1.03 bits per heavy atom. The molecule has 1 N–H and O–H groups in total. The van der Waals surface area contributed by atoms with E-state index in [2.05, 4.69) is 36.2 Å². The molecule has 4 nitrogen and oxygen atoms in total. The molecule has 0 amide bonds. The SMILES string of the molecule is [2H]C([2H])([2H])N(C)CCc1c[nH]c2cccc(OC(=O)CCCCCCC/C=C\C/C=C\CCCCC)c12. The third-order valence-electron chi connectivity index (χ3n) is 6.02. The summed E-state index contributed by atoms with van der Waals surface area (Å²) in [5, 5.41) is 0.856. The molecule has 0 atom stereocenters. The second kappa shape index (κ2) is 17.2. The van der Waals surface area contributed by atoms with Crippen LogP contribution in [-0.4, -0.2) is 36.4 Å². The van der Waals surface area contributed by atoms with E-state index >= 15 is 0 Å². The Labute approximate surface area is 211 Å². The molecular formula is C30H46N2O2. The van der Waals surface area contributed by atoms with E-state index in [-0.39, 0.29) is 5.97 Å². The van der Waals surface area contributed by atoms with Crippen molar-refractivity contribution < 1.29 is 13.6 Å². The minimum atomic E-state index is -2.12. The molecule has 2 aromatic rings. The molecule has 1 aromatic carbocycles. The fraction of sp³-hybridized carbons (Fsp3) is 0.567. The zero-order valence-electron chi connectivity index (χ0n) is 24.3. The van der Waals surface area contributed by atoms with Crippen LogP contribution in [0, 0.1) is 0 Å². The molecule has 0 aliphatic rings. The number of carbonyl (C=O) groups excluding carboxylic acids is 1. The highest BCUT2D eigenvalue weighted by molar-refractivity contribution is 5.91. The first kappa shape index (κ1) is 23.4. The first-order valence-corrected chi connectivity index (χ1v) is 13.1. The van der Waals surface area contributed by atoms with Gasteiger partial charge < -0.3 is 14.6 Å². The van der Waals surface area contributed by atoms with Gasteiger partial charge in [-0.1, -0.05) is 69.4 Å². The van der Waals surface area contributed by atoms with Gasteiger partial charge >= 0.3 is 5.97 Å². The molecule has 1 aromatic heterocycles. The number of likely N-dealkylation sites (N-methyl/N-ethyl adjacent to an activating group) is 1. The number of esters is 1. The number of unbranched alkanes of at least 4 members (excludes halogenated alkanes) is 8. The zero-order valence-corrected chi connectivity index (χ0v) is 21.3. The van der Waals surface area contributed by atoms with Gasteiger partial charge in [0.2, 0.25) is 0 Å². The van der Waals surface area contributed by atoms with Gasteiger partial charge in [0.05, 0.1) is 0 Å². The molecular weight excluding hydrogens is 420 g/mol. The van der Waals surface area contributed by atoms with Crippen molar-refractivity contribution in [3.05, 3.63) is 54.3 Å². The number of H-pyrrole nitrogens is 1. The molecule has 0 fully saturated rings. The molecule has 188 valence electrons. The zero-order chi connectivity index (χ0) is 26.9. The van der Waals surface area contributed by atoms with Crippen molar-refractivity contribution in [3.8, 4) is 5.75 Å². The number of fused-ring (bicyclic) bond motifs is 1. The van der Waals surface area contributed by atoms with Crippen LogP contribution in [0.4, 0.5) is 0 Å². The lowest BCUT2D eigenvalue weighted by atomic mass is 10.1. The minimum absolute atomic E-state index is 0.218. The van der Waals surface area contributed by atoms with Gasteiger partial charge in [0.1, 0.15) is 5.75 Å². The van der Waals surface area contributed by atoms with Crippen LogP contribution in [0.15, 0.2) is 48.7 Å².